The number of likely N-dealkylation sites (tertiary alicyclic amines) is 2. The minimum absolute atomic E-state index is 0.237. The molecule has 6 aliphatic heterocycles. The molecule has 0 aromatic rings. The summed E-state index contributed by atoms with van der Waals surface area (Å²) < 4.78 is 5.31. The maximum Gasteiger partial charge on any atom is 0.236 e. The van der Waals surface area contributed by atoms with E-state index in [-0.39, 0.29) is 5.54 Å². The average molecular weight is 918 g/mol. The Morgan fingerprint density at radius 3 is 1.14 bits per heavy atom. The summed E-state index contributed by atoms with van der Waals surface area (Å²) in [6.07, 6.45) is 5.27. The molecule has 6 fully saturated rings. The molecule has 0 aromatic carbocycles. The van der Waals surface area contributed by atoms with Gasteiger partial charge in [0.2, 0.25) is 17.7 Å². The molecule has 13 heteroatoms. The second kappa shape index (κ2) is 26.8. The summed E-state index contributed by atoms with van der Waals surface area (Å²) >= 11 is 0. The van der Waals surface area contributed by atoms with Crippen molar-refractivity contribution in [3.05, 3.63) is 0 Å². The second-order valence-electron chi connectivity index (χ2n) is 24.5. The zero-order chi connectivity index (χ0) is 48.6. The van der Waals surface area contributed by atoms with Gasteiger partial charge in [-0.2, -0.15) is 0 Å². The molecule has 380 valence electrons. The molecule has 0 aromatic heterocycles. The number of nitrogens with zero attached hydrogens (tertiary/aromatic N) is 9. The molecule has 65 heavy (non-hydrogen) atoms. The normalized spacial score (nSPS) is 22.8. The zero-order valence-electron chi connectivity index (χ0n) is 45.1. The summed E-state index contributed by atoms with van der Waals surface area (Å²) in [5.41, 5.74) is 1.45. The Labute approximate surface area is 400 Å². The van der Waals surface area contributed by atoms with Gasteiger partial charge < -0.3 is 34.1 Å². The van der Waals surface area contributed by atoms with Crippen LogP contribution in [0.1, 0.15) is 122 Å². The Morgan fingerprint density at radius 2 is 0.800 bits per heavy atom. The van der Waals surface area contributed by atoms with Crippen LogP contribution in [0.2, 0.25) is 0 Å². The number of piperazine rings is 3. The van der Waals surface area contributed by atoms with Crippen LogP contribution in [-0.4, -0.2) is 232 Å². The molecule has 13 nitrogen and oxygen atoms in total. The quantitative estimate of drug-likeness (QED) is 0.329. The van der Waals surface area contributed by atoms with Gasteiger partial charge in [-0.1, -0.05) is 69.2 Å². The van der Waals surface area contributed by atoms with Crippen molar-refractivity contribution in [3.63, 3.8) is 0 Å². The Balaban J connectivity index is 0.000000235. The van der Waals surface area contributed by atoms with Gasteiger partial charge in [0.1, 0.15) is 0 Å². The lowest BCUT2D eigenvalue weighted by Gasteiger charge is -2.42. The lowest BCUT2D eigenvalue weighted by atomic mass is 9.75. The number of rotatable bonds is 6. The minimum Gasteiger partial charge on any atom is -0.379 e. The Morgan fingerprint density at radius 1 is 0.446 bits per heavy atom. The van der Waals surface area contributed by atoms with Crippen LogP contribution >= 0.6 is 0 Å². The third-order valence-electron chi connectivity index (χ3n) is 14.7. The highest BCUT2D eigenvalue weighted by atomic mass is 16.5. The molecule has 0 radical (unpaired) electrons. The van der Waals surface area contributed by atoms with Crippen LogP contribution in [0.5, 0.6) is 0 Å². The maximum atomic E-state index is 12.4. The van der Waals surface area contributed by atoms with Crippen molar-refractivity contribution in [2.45, 2.75) is 128 Å². The largest absolute Gasteiger partial charge is 0.379 e. The van der Waals surface area contributed by atoms with E-state index in [2.05, 4.69) is 136 Å². The molecule has 6 heterocycles. The molecule has 3 amide bonds. The van der Waals surface area contributed by atoms with E-state index in [1.54, 1.807) is 0 Å². The van der Waals surface area contributed by atoms with Crippen molar-refractivity contribution in [1.29, 1.82) is 0 Å². The van der Waals surface area contributed by atoms with E-state index in [1.807, 2.05) is 11.8 Å². The number of ether oxygens (including phenoxy) is 1. The maximum absolute atomic E-state index is 12.4. The molecule has 0 aliphatic carbocycles. The highest BCUT2D eigenvalue weighted by Crippen LogP contribution is 2.35. The van der Waals surface area contributed by atoms with Crippen LogP contribution < -0.4 is 0 Å². The fourth-order valence-electron chi connectivity index (χ4n) is 9.86. The van der Waals surface area contributed by atoms with Gasteiger partial charge in [-0.3, -0.25) is 29.1 Å². The van der Waals surface area contributed by atoms with Gasteiger partial charge >= 0.3 is 0 Å². The summed E-state index contributed by atoms with van der Waals surface area (Å²) in [6, 6.07) is 0. The van der Waals surface area contributed by atoms with E-state index in [0.29, 0.717) is 53.5 Å². The number of morpholine rings is 1. The number of carbonyl (C=O) groups is 3. The van der Waals surface area contributed by atoms with Crippen molar-refractivity contribution in [2.24, 2.45) is 28.1 Å². The number of hydrogen-bond acceptors (Lipinski definition) is 10. The van der Waals surface area contributed by atoms with Crippen LogP contribution in [0, 0.1) is 28.1 Å². The van der Waals surface area contributed by atoms with Gasteiger partial charge in [0.25, 0.3) is 0 Å². The van der Waals surface area contributed by atoms with Crippen LogP contribution in [0.25, 0.3) is 0 Å². The molecular formula is C52H103N9O4. The molecule has 0 spiro atoms. The SMILES string of the molecule is CC(C)(C)C1CCN(C(=O)CN2CCOCC2)CC1.CCC(=O)N1CCN(C(C)(C)C)CC1.CN1CCN(CC(=O)N2CCC(C(C)(C)C)CC2)CC1.CN1CCN(CC(C)(C)C)CC1. The Kier molecular flexibility index (Phi) is 23.7. The summed E-state index contributed by atoms with van der Waals surface area (Å²) in [6.45, 7) is 51.9. The van der Waals surface area contributed by atoms with Crippen molar-refractivity contribution in [3.8, 4) is 0 Å². The molecule has 6 rings (SSSR count). The van der Waals surface area contributed by atoms with Gasteiger partial charge in [0.05, 0.1) is 26.3 Å². The van der Waals surface area contributed by atoms with E-state index < -0.39 is 0 Å². The third-order valence-corrected chi connectivity index (χ3v) is 14.7. The van der Waals surface area contributed by atoms with E-state index in [9.17, 15) is 14.4 Å². The predicted molar refractivity (Wildman–Crippen MR) is 270 cm³/mol. The summed E-state index contributed by atoms with van der Waals surface area (Å²) in [4.78, 5) is 56.4. The van der Waals surface area contributed by atoms with Crippen molar-refractivity contribution in [2.75, 3.05) is 165 Å². The van der Waals surface area contributed by atoms with Gasteiger partial charge in [-0.05, 0) is 88.6 Å². The van der Waals surface area contributed by atoms with Crippen LogP contribution in [0.4, 0.5) is 0 Å². The lowest BCUT2D eigenvalue weighted by Crippen LogP contribution is -2.54. The molecular weight excluding hydrogens is 815 g/mol. The molecule has 0 bridgehead atoms. The molecule has 6 aliphatic rings. The number of hydrogen-bond donors (Lipinski definition) is 0. The lowest BCUT2D eigenvalue weighted by molar-refractivity contribution is -0.135. The number of amides is 3. The van der Waals surface area contributed by atoms with Crippen molar-refractivity contribution < 1.29 is 19.1 Å². The fourth-order valence-corrected chi connectivity index (χ4v) is 9.86. The van der Waals surface area contributed by atoms with E-state index in [0.717, 1.165) is 142 Å². The highest BCUT2D eigenvalue weighted by molar-refractivity contribution is 5.79. The summed E-state index contributed by atoms with van der Waals surface area (Å²) in [5, 5.41) is 0. The van der Waals surface area contributed by atoms with E-state index >= 15 is 0 Å². The fraction of sp³-hybridized carbons (Fsp3) is 0.942. The topological polar surface area (TPSA) is 89.6 Å². The first-order valence-electron chi connectivity index (χ1n) is 26.0. The molecule has 0 atom stereocenters. The van der Waals surface area contributed by atoms with E-state index in [1.165, 1.54) is 32.7 Å². The monoisotopic (exact) mass is 918 g/mol. The standard InChI is InChI=1S/C16H31N3O.C15H28N2O2.C11H22N2O.C10H22N2/c1-16(2,3)14-5-7-19(8-6-14)15(20)13-18-11-9-17(4)10-12-18;1-15(2,3)13-4-6-17(7-5-13)14(18)12-16-8-10-19-11-9-16;1-5-10(14)12-6-8-13(9-7-12)11(2,3)4;1-10(2,3)9-12-7-5-11(4)6-8-12/h14H,5-13H2,1-4H3;13H,4-12H2,1-3H3;5-9H2,1-4H3;5-9H2,1-4H3. The first kappa shape index (κ1) is 57.4. The molecule has 0 N–H and O–H groups in total. The van der Waals surface area contributed by atoms with Crippen molar-refractivity contribution in [1.82, 2.24) is 44.1 Å². The molecule has 0 unspecified atom stereocenters. The number of carbonyl (C=O) groups excluding carboxylic acids is 3. The first-order chi connectivity index (χ1) is 30.2. The number of piperidine rings is 2. The zero-order valence-corrected chi connectivity index (χ0v) is 45.1. The highest BCUT2D eigenvalue weighted by Gasteiger charge is 2.33. The Bertz CT molecular complexity index is 1360. The van der Waals surface area contributed by atoms with Crippen LogP contribution in [0.3, 0.4) is 0 Å². The Hall–Kier alpha value is -1.87. The predicted octanol–water partition coefficient (Wildman–Crippen LogP) is 5.74. The average Bonchev–Trinajstić information content (AvgIpc) is 3.25. The second-order valence-corrected chi connectivity index (χ2v) is 24.5. The smallest absolute Gasteiger partial charge is 0.236 e. The molecule has 6 saturated heterocycles. The van der Waals surface area contributed by atoms with Gasteiger partial charge in [-0.15, -0.1) is 0 Å². The van der Waals surface area contributed by atoms with Gasteiger partial charge in [-0.25, -0.2) is 0 Å². The molecule has 0 saturated carbocycles. The minimum atomic E-state index is 0.237. The summed E-state index contributed by atoms with van der Waals surface area (Å²) in [7, 11) is 4.35. The number of likely N-dealkylation sites (N-methyl/N-ethyl adjacent to an activating group) is 2. The van der Waals surface area contributed by atoms with Gasteiger partial charge in [0, 0.05) is 136 Å². The van der Waals surface area contributed by atoms with Crippen molar-refractivity contribution >= 4 is 17.7 Å². The summed E-state index contributed by atoms with van der Waals surface area (Å²) in [5.74, 6) is 2.44. The third kappa shape index (κ3) is 22.0. The van der Waals surface area contributed by atoms with Crippen LogP contribution in [0.15, 0.2) is 0 Å². The van der Waals surface area contributed by atoms with Gasteiger partial charge in [0.15, 0.2) is 0 Å². The van der Waals surface area contributed by atoms with Crippen LogP contribution in [-0.2, 0) is 19.1 Å². The first-order valence-corrected chi connectivity index (χ1v) is 26.0. The van der Waals surface area contributed by atoms with E-state index in [4.69, 9.17) is 4.74 Å².